The van der Waals surface area contributed by atoms with Gasteiger partial charge in [0.1, 0.15) is 11.9 Å². The monoisotopic (exact) mass is 403 g/mol. The maximum Gasteiger partial charge on any atom is 0.196 e. The molecule has 3 rings (SSSR count). The second kappa shape index (κ2) is 8.91. The number of aromatic nitrogens is 3. The Kier molecular flexibility index (Phi) is 6.57. The second-order valence-corrected chi connectivity index (χ2v) is 8.41. The van der Waals surface area contributed by atoms with Gasteiger partial charge in [0.2, 0.25) is 0 Å². The molecular weight excluding hydrogens is 379 g/mol. The predicted molar refractivity (Wildman–Crippen MR) is 110 cm³/mol. The number of halogens is 1. The lowest BCUT2D eigenvalue weighted by atomic mass is 10.2. The molecule has 27 heavy (non-hydrogen) atoms. The van der Waals surface area contributed by atoms with Gasteiger partial charge in [-0.1, -0.05) is 23.9 Å². The molecule has 0 saturated heterocycles. The van der Waals surface area contributed by atoms with Crippen molar-refractivity contribution in [1.29, 1.82) is 0 Å². The molecule has 4 nitrogen and oxygen atoms in total. The van der Waals surface area contributed by atoms with Crippen LogP contribution in [0.3, 0.4) is 0 Å². The van der Waals surface area contributed by atoms with Crippen molar-refractivity contribution < 1.29 is 9.29 Å². The topological polar surface area (TPSA) is 35.2 Å². The molecule has 0 aliphatic rings. The minimum Gasteiger partial charge on any atom is -0.331 e. The largest absolute Gasteiger partial charge is 0.331 e. The first kappa shape index (κ1) is 19.9. The highest BCUT2D eigenvalue weighted by atomic mass is 32.2. The van der Waals surface area contributed by atoms with E-state index in [9.17, 15) is 4.39 Å². The van der Waals surface area contributed by atoms with Crippen molar-refractivity contribution in [2.75, 3.05) is 20.4 Å². The van der Waals surface area contributed by atoms with Crippen LogP contribution >= 0.6 is 23.5 Å². The fraction of sp³-hybridized carbons (Fsp3) is 0.300. The zero-order valence-electron chi connectivity index (χ0n) is 15.9. The lowest BCUT2D eigenvalue weighted by Crippen LogP contribution is -3.05. The van der Waals surface area contributed by atoms with Gasteiger partial charge in [0.25, 0.3) is 0 Å². The summed E-state index contributed by atoms with van der Waals surface area (Å²) >= 11 is 3.38. The molecule has 1 atom stereocenters. The van der Waals surface area contributed by atoms with E-state index in [0.717, 1.165) is 22.4 Å². The lowest BCUT2D eigenvalue weighted by molar-refractivity contribution is -0.890. The average molecular weight is 404 g/mol. The molecule has 0 fully saturated rings. The SMILES string of the molecule is CSc1ccc(CSc2nnc([C@H](C)[NH+](C)C)n2-c2ccc(F)cc2)cc1. The van der Waals surface area contributed by atoms with Crippen LogP contribution in [0.5, 0.6) is 0 Å². The van der Waals surface area contributed by atoms with Crippen LogP contribution in [0.4, 0.5) is 4.39 Å². The van der Waals surface area contributed by atoms with Gasteiger partial charge >= 0.3 is 0 Å². The minimum absolute atomic E-state index is 0.165. The van der Waals surface area contributed by atoms with Crippen LogP contribution in [0.1, 0.15) is 24.4 Å². The number of quaternary nitrogens is 1. The molecule has 3 aromatic rings. The molecule has 1 aromatic heterocycles. The van der Waals surface area contributed by atoms with Crippen molar-refractivity contribution in [1.82, 2.24) is 14.8 Å². The summed E-state index contributed by atoms with van der Waals surface area (Å²) in [6.45, 7) is 2.12. The highest BCUT2D eigenvalue weighted by Crippen LogP contribution is 2.27. The molecule has 0 amide bonds. The molecule has 0 aliphatic carbocycles. The Morgan fingerprint density at radius 3 is 2.30 bits per heavy atom. The van der Waals surface area contributed by atoms with Gasteiger partial charge in [0.05, 0.1) is 14.1 Å². The first-order valence-electron chi connectivity index (χ1n) is 8.76. The molecule has 1 N–H and O–H groups in total. The normalized spacial score (nSPS) is 12.5. The Hall–Kier alpha value is -1.83. The molecule has 2 aromatic carbocycles. The number of benzene rings is 2. The Balaban J connectivity index is 1.90. The van der Waals surface area contributed by atoms with E-state index in [2.05, 4.69) is 61.7 Å². The lowest BCUT2D eigenvalue weighted by Gasteiger charge is -2.18. The van der Waals surface area contributed by atoms with Gasteiger partial charge in [-0.05, 0) is 55.1 Å². The summed E-state index contributed by atoms with van der Waals surface area (Å²) in [5, 5.41) is 9.70. The van der Waals surface area contributed by atoms with Crippen molar-refractivity contribution >= 4 is 23.5 Å². The van der Waals surface area contributed by atoms with E-state index in [1.165, 1.54) is 27.5 Å². The number of rotatable bonds is 7. The van der Waals surface area contributed by atoms with Crippen LogP contribution in [-0.4, -0.2) is 35.1 Å². The quantitative estimate of drug-likeness (QED) is 0.611. The van der Waals surface area contributed by atoms with Gasteiger partial charge in [0, 0.05) is 16.3 Å². The van der Waals surface area contributed by atoms with Gasteiger partial charge in [-0.25, -0.2) is 4.39 Å². The fourth-order valence-electron chi connectivity index (χ4n) is 2.62. The van der Waals surface area contributed by atoms with Gasteiger partial charge in [-0.15, -0.1) is 22.0 Å². The summed E-state index contributed by atoms with van der Waals surface area (Å²) in [5.74, 6) is 1.43. The van der Waals surface area contributed by atoms with Crippen LogP contribution in [0.25, 0.3) is 5.69 Å². The molecular formula is C20H24FN4S2+. The third-order valence-electron chi connectivity index (χ3n) is 4.52. The molecule has 0 unspecified atom stereocenters. The summed E-state index contributed by atoms with van der Waals surface area (Å²) < 4.78 is 15.4. The van der Waals surface area contributed by atoms with E-state index in [4.69, 9.17) is 0 Å². The average Bonchev–Trinajstić information content (AvgIpc) is 3.10. The van der Waals surface area contributed by atoms with Crippen molar-refractivity contribution in [2.24, 2.45) is 0 Å². The van der Waals surface area contributed by atoms with E-state index in [0.29, 0.717) is 0 Å². The summed E-state index contributed by atoms with van der Waals surface area (Å²) in [7, 11) is 4.18. The molecule has 0 saturated carbocycles. The Labute approximate surface area is 168 Å². The zero-order chi connectivity index (χ0) is 19.4. The van der Waals surface area contributed by atoms with Gasteiger partial charge < -0.3 is 4.90 Å². The molecule has 0 radical (unpaired) electrons. The molecule has 142 valence electrons. The van der Waals surface area contributed by atoms with Crippen LogP contribution < -0.4 is 4.90 Å². The van der Waals surface area contributed by atoms with Gasteiger partial charge in [-0.3, -0.25) is 4.57 Å². The van der Waals surface area contributed by atoms with E-state index in [-0.39, 0.29) is 11.9 Å². The maximum atomic E-state index is 13.4. The van der Waals surface area contributed by atoms with Crippen LogP contribution in [0.15, 0.2) is 58.6 Å². The number of nitrogens with one attached hydrogen (secondary N) is 1. The maximum absolute atomic E-state index is 13.4. The number of thioether (sulfide) groups is 2. The Bertz CT molecular complexity index is 876. The Morgan fingerprint density at radius 2 is 1.70 bits per heavy atom. The first-order chi connectivity index (χ1) is 13.0. The molecule has 7 heteroatoms. The number of nitrogens with zero attached hydrogens (tertiary/aromatic N) is 3. The molecule has 1 heterocycles. The number of hydrogen-bond acceptors (Lipinski definition) is 4. The van der Waals surface area contributed by atoms with Crippen molar-refractivity contribution in [3.63, 3.8) is 0 Å². The van der Waals surface area contributed by atoms with Crippen LogP contribution in [0.2, 0.25) is 0 Å². The second-order valence-electron chi connectivity index (χ2n) is 6.59. The Morgan fingerprint density at radius 1 is 1.04 bits per heavy atom. The van der Waals surface area contributed by atoms with Crippen LogP contribution in [0, 0.1) is 5.82 Å². The number of hydrogen-bond donors (Lipinski definition) is 1. The molecule has 0 bridgehead atoms. The van der Waals surface area contributed by atoms with Crippen molar-refractivity contribution in [2.45, 2.75) is 28.8 Å². The first-order valence-corrected chi connectivity index (χ1v) is 11.0. The van der Waals surface area contributed by atoms with E-state index in [1.54, 1.807) is 35.7 Å². The third kappa shape index (κ3) is 4.72. The van der Waals surface area contributed by atoms with Gasteiger partial charge in [-0.2, -0.15) is 0 Å². The minimum atomic E-state index is -0.247. The van der Waals surface area contributed by atoms with E-state index >= 15 is 0 Å². The summed E-state index contributed by atoms with van der Waals surface area (Å²) in [6.07, 6.45) is 2.07. The fourth-order valence-corrected chi connectivity index (χ4v) is 3.94. The summed E-state index contributed by atoms with van der Waals surface area (Å²) in [5.41, 5.74) is 2.11. The highest BCUT2D eigenvalue weighted by molar-refractivity contribution is 7.98. The van der Waals surface area contributed by atoms with Gasteiger partial charge in [0.15, 0.2) is 11.0 Å². The van der Waals surface area contributed by atoms with E-state index < -0.39 is 0 Å². The van der Waals surface area contributed by atoms with E-state index in [1.807, 2.05) is 4.57 Å². The smallest absolute Gasteiger partial charge is 0.196 e. The predicted octanol–water partition coefficient (Wildman–Crippen LogP) is 3.63. The molecule has 0 spiro atoms. The summed E-state index contributed by atoms with van der Waals surface area (Å²) in [4.78, 5) is 2.51. The van der Waals surface area contributed by atoms with Crippen molar-refractivity contribution in [3.8, 4) is 5.69 Å². The highest BCUT2D eigenvalue weighted by Gasteiger charge is 2.23. The summed E-state index contributed by atoms with van der Waals surface area (Å²) in [6, 6.07) is 15.2. The zero-order valence-corrected chi connectivity index (χ0v) is 17.6. The standard InChI is InChI=1S/C20H23FN4S2/c1-14(24(2)3)19-22-23-20(25(19)17-9-7-16(21)8-10-17)27-13-15-5-11-18(26-4)12-6-15/h5-12,14H,13H2,1-4H3/p+1/t14-/m0/s1. The molecule has 0 aliphatic heterocycles. The third-order valence-corrected chi connectivity index (χ3v) is 6.27. The van der Waals surface area contributed by atoms with Crippen LogP contribution in [-0.2, 0) is 5.75 Å². The van der Waals surface area contributed by atoms with Crippen molar-refractivity contribution in [3.05, 3.63) is 65.7 Å².